The Kier molecular flexibility index (Phi) is 8.67. The van der Waals surface area contributed by atoms with Gasteiger partial charge in [0, 0.05) is 19.6 Å². The maximum absolute atomic E-state index is 12.9. The molecule has 9 heteroatoms. The monoisotopic (exact) mass is 478 g/mol. The number of hydrogen-bond acceptors (Lipinski definition) is 5. The molecule has 0 saturated carbocycles. The zero-order valence-corrected chi connectivity index (χ0v) is 19.3. The number of amides is 1. The molecule has 1 saturated heterocycles. The topological polar surface area (TPSA) is 92.8 Å². The van der Waals surface area contributed by atoms with Crippen LogP contribution in [0.1, 0.15) is 41.6 Å². The molecular weight excluding hydrogens is 452 g/mol. The highest BCUT2D eigenvalue weighted by molar-refractivity contribution is 7.89. The third-order valence-corrected chi connectivity index (χ3v) is 7.62. The number of esters is 1. The van der Waals surface area contributed by atoms with Gasteiger partial charge in [-0.1, -0.05) is 48.4 Å². The van der Waals surface area contributed by atoms with Crippen LogP contribution in [0.4, 0.5) is 0 Å². The lowest BCUT2D eigenvalue weighted by Gasteiger charge is -2.26. The Labute approximate surface area is 193 Å². The summed E-state index contributed by atoms with van der Waals surface area (Å²) < 4.78 is 32.3. The molecule has 0 bridgehead atoms. The smallest absolute Gasteiger partial charge is 0.338 e. The van der Waals surface area contributed by atoms with Crippen molar-refractivity contribution in [2.75, 3.05) is 26.2 Å². The van der Waals surface area contributed by atoms with E-state index in [1.807, 2.05) is 30.3 Å². The summed E-state index contributed by atoms with van der Waals surface area (Å²) in [6, 6.07) is 13.9. The third kappa shape index (κ3) is 6.54. The number of piperidine rings is 1. The summed E-state index contributed by atoms with van der Waals surface area (Å²) in [5, 5.41) is 2.75. The van der Waals surface area contributed by atoms with E-state index in [2.05, 4.69) is 5.32 Å². The Morgan fingerprint density at radius 3 is 2.47 bits per heavy atom. The zero-order valence-electron chi connectivity index (χ0n) is 17.8. The van der Waals surface area contributed by atoms with Gasteiger partial charge in [0.2, 0.25) is 10.0 Å². The Morgan fingerprint density at radius 2 is 1.75 bits per heavy atom. The summed E-state index contributed by atoms with van der Waals surface area (Å²) >= 11 is 6.13. The first-order chi connectivity index (χ1) is 15.4. The van der Waals surface area contributed by atoms with E-state index in [0.717, 1.165) is 32.1 Å². The molecule has 1 fully saturated rings. The highest BCUT2D eigenvalue weighted by atomic mass is 35.5. The van der Waals surface area contributed by atoms with Crippen LogP contribution in [0.15, 0.2) is 53.4 Å². The van der Waals surface area contributed by atoms with Crippen molar-refractivity contribution in [3.63, 3.8) is 0 Å². The molecule has 7 nitrogen and oxygen atoms in total. The van der Waals surface area contributed by atoms with Gasteiger partial charge in [-0.3, -0.25) is 4.79 Å². The van der Waals surface area contributed by atoms with Gasteiger partial charge in [-0.2, -0.15) is 4.31 Å². The van der Waals surface area contributed by atoms with Crippen LogP contribution >= 0.6 is 11.6 Å². The van der Waals surface area contributed by atoms with Crippen LogP contribution in [0.5, 0.6) is 0 Å². The number of carbonyl (C=O) groups excluding carboxylic acids is 2. The highest BCUT2D eigenvalue weighted by Gasteiger charge is 2.29. The van der Waals surface area contributed by atoms with Gasteiger partial charge >= 0.3 is 5.97 Å². The van der Waals surface area contributed by atoms with E-state index in [-0.39, 0.29) is 15.5 Å². The van der Waals surface area contributed by atoms with Gasteiger partial charge in [-0.25, -0.2) is 13.2 Å². The summed E-state index contributed by atoms with van der Waals surface area (Å²) in [6.07, 6.45) is 4.16. The number of ether oxygens (including phenoxy) is 1. The number of benzene rings is 2. The first-order valence-electron chi connectivity index (χ1n) is 10.7. The second-order valence-electron chi connectivity index (χ2n) is 7.63. The molecule has 2 aromatic carbocycles. The number of nitrogens with one attached hydrogen (secondary N) is 1. The molecule has 1 aliphatic rings. The van der Waals surface area contributed by atoms with Crippen molar-refractivity contribution < 1.29 is 22.7 Å². The van der Waals surface area contributed by atoms with E-state index in [1.54, 1.807) is 0 Å². The van der Waals surface area contributed by atoms with Crippen LogP contribution in [-0.4, -0.2) is 50.8 Å². The van der Waals surface area contributed by atoms with Crippen molar-refractivity contribution in [3.8, 4) is 0 Å². The average Bonchev–Trinajstić information content (AvgIpc) is 2.81. The van der Waals surface area contributed by atoms with Gasteiger partial charge < -0.3 is 10.1 Å². The predicted octanol–water partition coefficient (Wildman–Crippen LogP) is 3.42. The van der Waals surface area contributed by atoms with Gasteiger partial charge in [0.1, 0.15) is 4.90 Å². The Hall–Kier alpha value is -2.42. The summed E-state index contributed by atoms with van der Waals surface area (Å²) in [7, 11) is -3.80. The fourth-order valence-electron chi connectivity index (χ4n) is 3.50. The van der Waals surface area contributed by atoms with Gasteiger partial charge in [-0.15, -0.1) is 0 Å². The predicted molar refractivity (Wildman–Crippen MR) is 122 cm³/mol. The molecule has 0 radical (unpaired) electrons. The van der Waals surface area contributed by atoms with Crippen LogP contribution in [0.25, 0.3) is 0 Å². The number of carbonyl (C=O) groups is 2. The summed E-state index contributed by atoms with van der Waals surface area (Å²) in [4.78, 5) is 24.2. The Morgan fingerprint density at radius 1 is 1.03 bits per heavy atom. The third-order valence-electron chi connectivity index (χ3n) is 5.24. The second-order valence-corrected chi connectivity index (χ2v) is 9.94. The average molecular weight is 479 g/mol. The van der Waals surface area contributed by atoms with Gasteiger partial charge in [0.15, 0.2) is 6.61 Å². The van der Waals surface area contributed by atoms with E-state index >= 15 is 0 Å². The molecule has 0 aliphatic carbocycles. The second kappa shape index (κ2) is 11.4. The maximum atomic E-state index is 12.9. The van der Waals surface area contributed by atoms with Gasteiger partial charge in [0.05, 0.1) is 10.6 Å². The minimum Gasteiger partial charge on any atom is -0.452 e. The van der Waals surface area contributed by atoms with Gasteiger partial charge in [0.25, 0.3) is 5.91 Å². The van der Waals surface area contributed by atoms with Crippen molar-refractivity contribution in [3.05, 3.63) is 64.7 Å². The fourth-order valence-corrected chi connectivity index (χ4v) is 5.52. The lowest BCUT2D eigenvalue weighted by molar-refractivity contribution is -0.124. The summed E-state index contributed by atoms with van der Waals surface area (Å²) in [5.41, 5.74) is 1.22. The molecule has 1 N–H and O–H groups in total. The minimum absolute atomic E-state index is 0.0295. The minimum atomic E-state index is -3.80. The number of aryl methyl sites for hydroxylation is 1. The first-order valence-corrected chi connectivity index (χ1v) is 12.5. The largest absolute Gasteiger partial charge is 0.452 e. The molecule has 1 amide bonds. The van der Waals surface area contributed by atoms with Crippen molar-refractivity contribution in [1.29, 1.82) is 0 Å². The first kappa shape index (κ1) is 24.2. The lowest BCUT2D eigenvalue weighted by Crippen LogP contribution is -2.35. The molecule has 0 unspecified atom stereocenters. The molecule has 2 aromatic rings. The van der Waals surface area contributed by atoms with Crippen LogP contribution in [0, 0.1) is 0 Å². The SMILES string of the molecule is O=C(COC(=O)c1ccc(Cl)c(S(=O)(=O)N2CCCCC2)c1)NCCCc1ccccc1. The van der Waals surface area contributed by atoms with E-state index in [9.17, 15) is 18.0 Å². The van der Waals surface area contributed by atoms with Crippen LogP contribution < -0.4 is 5.32 Å². The molecule has 1 aliphatic heterocycles. The summed E-state index contributed by atoms with van der Waals surface area (Å²) in [5.74, 6) is -1.20. The quantitative estimate of drug-likeness (QED) is 0.440. The normalized spacial score (nSPS) is 14.7. The number of nitrogens with zero attached hydrogens (tertiary/aromatic N) is 1. The number of rotatable bonds is 9. The molecule has 0 aromatic heterocycles. The van der Waals surface area contributed by atoms with Crippen molar-refractivity contribution in [2.24, 2.45) is 0 Å². The van der Waals surface area contributed by atoms with Gasteiger partial charge in [-0.05, 0) is 49.4 Å². The molecule has 172 valence electrons. The van der Waals surface area contributed by atoms with Crippen molar-refractivity contribution in [1.82, 2.24) is 9.62 Å². The summed E-state index contributed by atoms with van der Waals surface area (Å²) in [6.45, 7) is 0.876. The molecule has 32 heavy (non-hydrogen) atoms. The lowest BCUT2D eigenvalue weighted by atomic mass is 10.1. The number of halogens is 1. The van der Waals surface area contributed by atoms with Crippen LogP contribution in [0.2, 0.25) is 5.02 Å². The van der Waals surface area contributed by atoms with Crippen molar-refractivity contribution in [2.45, 2.75) is 37.0 Å². The van der Waals surface area contributed by atoms with E-state index in [1.165, 1.54) is 28.1 Å². The number of sulfonamides is 1. The van der Waals surface area contributed by atoms with Crippen molar-refractivity contribution >= 4 is 33.5 Å². The fraction of sp³-hybridized carbons (Fsp3) is 0.391. The van der Waals surface area contributed by atoms with Crippen LogP contribution in [-0.2, 0) is 26.0 Å². The molecular formula is C23H27ClN2O5S. The highest BCUT2D eigenvalue weighted by Crippen LogP contribution is 2.28. The molecule has 0 atom stereocenters. The standard InChI is InChI=1S/C23H27ClN2O5S/c24-20-12-11-19(16-21(20)32(29,30)26-14-5-2-6-15-26)23(28)31-17-22(27)25-13-7-10-18-8-3-1-4-9-18/h1,3-4,8-9,11-12,16H,2,5-7,10,13-15,17H2,(H,25,27). The maximum Gasteiger partial charge on any atom is 0.338 e. The van der Waals surface area contributed by atoms with E-state index in [4.69, 9.17) is 16.3 Å². The Balaban J connectivity index is 1.51. The molecule has 3 rings (SSSR count). The van der Waals surface area contributed by atoms with E-state index < -0.39 is 28.5 Å². The number of hydrogen-bond donors (Lipinski definition) is 1. The van der Waals surface area contributed by atoms with E-state index in [0.29, 0.717) is 19.6 Å². The Bertz CT molecular complexity index is 1040. The molecule has 0 spiro atoms. The molecule has 1 heterocycles. The zero-order chi connectivity index (χ0) is 23.0. The van der Waals surface area contributed by atoms with Crippen LogP contribution in [0.3, 0.4) is 0 Å².